The number of hydrogen-bond acceptors (Lipinski definition) is 2. The lowest BCUT2D eigenvalue weighted by Gasteiger charge is -2.22. The molecule has 1 unspecified atom stereocenters. The quantitative estimate of drug-likeness (QED) is 0.179. The first-order chi connectivity index (χ1) is 21.2. The van der Waals surface area contributed by atoms with Crippen molar-refractivity contribution in [1.82, 2.24) is 4.98 Å². The van der Waals surface area contributed by atoms with Crippen LogP contribution in [0.2, 0.25) is 0 Å². The van der Waals surface area contributed by atoms with Gasteiger partial charge in [-0.15, -0.1) is 11.3 Å². The van der Waals surface area contributed by atoms with E-state index in [4.69, 9.17) is 4.98 Å². The normalized spacial score (nSPS) is 11.7. The zero-order valence-corrected chi connectivity index (χ0v) is 29.7. The third-order valence-electron chi connectivity index (χ3n) is 8.94. The standard InChI is InChI=1S/C36H35NS.C4H10.C2H6/c1-8-21(3)26-15-16-29(31-24(6)17-20(2)18-25(31)7)32-28-14-10-13-27(30-22(4)11-9-12-23(30)5)33(28)36-35(34(26)32)37-19-38-36;1-3-4-2;1-2/h9-19,21H,8H2,1-7H3;3-4H2,1-2H3;1-2H3. The van der Waals surface area contributed by atoms with Gasteiger partial charge in [-0.2, -0.15) is 0 Å². The van der Waals surface area contributed by atoms with Crippen LogP contribution in [0.25, 0.3) is 54.0 Å². The molecular formula is C42H51NS. The number of nitrogens with zero attached hydrogens (tertiary/aromatic N) is 1. The number of hydrogen-bond donors (Lipinski definition) is 0. The van der Waals surface area contributed by atoms with Crippen molar-refractivity contribution in [3.63, 3.8) is 0 Å². The summed E-state index contributed by atoms with van der Waals surface area (Å²) in [5.74, 6) is 0.455. The number of aryl methyl sites for hydroxylation is 5. The van der Waals surface area contributed by atoms with Crippen LogP contribution in [0, 0.1) is 34.6 Å². The number of benzene rings is 5. The fourth-order valence-electron chi connectivity index (χ4n) is 6.65. The highest BCUT2D eigenvalue weighted by Gasteiger charge is 2.23. The van der Waals surface area contributed by atoms with Crippen LogP contribution >= 0.6 is 11.3 Å². The summed E-state index contributed by atoms with van der Waals surface area (Å²) in [6, 6.07) is 22.9. The molecule has 2 heteroatoms. The first-order valence-electron chi connectivity index (χ1n) is 16.6. The van der Waals surface area contributed by atoms with E-state index in [0.29, 0.717) is 5.92 Å². The summed E-state index contributed by atoms with van der Waals surface area (Å²) < 4.78 is 1.30. The van der Waals surface area contributed by atoms with E-state index in [9.17, 15) is 0 Å². The van der Waals surface area contributed by atoms with E-state index in [1.807, 2.05) is 19.4 Å². The minimum atomic E-state index is 0.455. The number of aromatic nitrogens is 1. The second-order valence-corrected chi connectivity index (χ2v) is 12.9. The molecule has 1 heterocycles. The van der Waals surface area contributed by atoms with Crippen molar-refractivity contribution in [2.24, 2.45) is 0 Å². The summed E-state index contributed by atoms with van der Waals surface area (Å²) in [6.07, 6.45) is 3.74. The molecule has 6 aromatic rings. The van der Waals surface area contributed by atoms with Gasteiger partial charge in [0.2, 0.25) is 0 Å². The molecule has 0 amide bonds. The van der Waals surface area contributed by atoms with Gasteiger partial charge in [-0.05, 0) is 108 Å². The van der Waals surface area contributed by atoms with Crippen LogP contribution in [-0.2, 0) is 0 Å². The molecule has 0 saturated heterocycles. The highest BCUT2D eigenvalue weighted by molar-refractivity contribution is 7.18. The second-order valence-electron chi connectivity index (χ2n) is 12.1. The van der Waals surface area contributed by atoms with E-state index in [2.05, 4.69) is 123 Å². The minimum Gasteiger partial charge on any atom is -0.244 e. The Kier molecular flexibility index (Phi) is 11.0. The summed E-state index contributed by atoms with van der Waals surface area (Å²) in [6.45, 7) is 24.2. The minimum absolute atomic E-state index is 0.455. The van der Waals surface area contributed by atoms with Gasteiger partial charge in [-0.1, -0.05) is 121 Å². The summed E-state index contributed by atoms with van der Waals surface area (Å²) >= 11 is 1.78. The highest BCUT2D eigenvalue weighted by atomic mass is 32.1. The fourth-order valence-corrected chi connectivity index (χ4v) is 7.52. The van der Waals surface area contributed by atoms with Crippen molar-refractivity contribution < 1.29 is 0 Å². The predicted octanol–water partition coefficient (Wildman–Crippen LogP) is 13.8. The predicted molar refractivity (Wildman–Crippen MR) is 200 cm³/mol. The van der Waals surface area contributed by atoms with Gasteiger partial charge >= 0.3 is 0 Å². The average molecular weight is 602 g/mol. The maximum absolute atomic E-state index is 5.07. The van der Waals surface area contributed by atoms with E-state index in [1.54, 1.807) is 11.3 Å². The van der Waals surface area contributed by atoms with Crippen molar-refractivity contribution in [2.45, 2.75) is 101 Å². The molecule has 0 aliphatic rings. The molecule has 1 nitrogen and oxygen atoms in total. The molecule has 0 aliphatic carbocycles. The Morgan fingerprint density at radius 3 is 1.82 bits per heavy atom. The molecule has 1 atom stereocenters. The Bertz CT molecular complexity index is 1860. The number of rotatable bonds is 5. The van der Waals surface area contributed by atoms with Gasteiger partial charge in [0.25, 0.3) is 0 Å². The maximum atomic E-state index is 5.07. The lowest BCUT2D eigenvalue weighted by atomic mass is 9.82. The van der Waals surface area contributed by atoms with Gasteiger partial charge < -0.3 is 0 Å². The molecule has 44 heavy (non-hydrogen) atoms. The van der Waals surface area contributed by atoms with E-state index in [-0.39, 0.29) is 0 Å². The Balaban J connectivity index is 0.000000683. The Morgan fingerprint density at radius 2 is 1.23 bits per heavy atom. The summed E-state index contributed by atoms with van der Waals surface area (Å²) in [5.41, 5.74) is 16.5. The molecule has 0 N–H and O–H groups in total. The molecule has 0 bridgehead atoms. The van der Waals surface area contributed by atoms with Crippen molar-refractivity contribution in [2.75, 3.05) is 0 Å². The number of thiazole rings is 1. The van der Waals surface area contributed by atoms with Crippen molar-refractivity contribution in [1.29, 1.82) is 0 Å². The lowest BCUT2D eigenvalue weighted by Crippen LogP contribution is -1.99. The molecule has 0 saturated carbocycles. The third kappa shape index (κ3) is 6.07. The van der Waals surface area contributed by atoms with Crippen molar-refractivity contribution in [3.05, 3.63) is 99.6 Å². The van der Waals surface area contributed by atoms with Gasteiger partial charge in [0, 0.05) is 10.8 Å². The van der Waals surface area contributed by atoms with E-state index >= 15 is 0 Å². The zero-order chi connectivity index (χ0) is 32.1. The molecule has 6 rings (SSSR count). The van der Waals surface area contributed by atoms with Crippen LogP contribution in [0.4, 0.5) is 0 Å². The third-order valence-corrected chi connectivity index (χ3v) is 9.79. The van der Waals surface area contributed by atoms with E-state index < -0.39 is 0 Å². The number of unbranched alkanes of at least 4 members (excludes halogenated alkanes) is 1. The van der Waals surface area contributed by atoms with Crippen LogP contribution in [0.5, 0.6) is 0 Å². The van der Waals surface area contributed by atoms with E-state index in [0.717, 1.165) is 11.9 Å². The van der Waals surface area contributed by atoms with Crippen LogP contribution < -0.4 is 0 Å². The molecule has 0 fully saturated rings. The highest BCUT2D eigenvalue weighted by Crippen LogP contribution is 2.48. The topological polar surface area (TPSA) is 12.9 Å². The van der Waals surface area contributed by atoms with Crippen LogP contribution in [-0.4, -0.2) is 4.98 Å². The Hall–Kier alpha value is -3.49. The molecule has 0 radical (unpaired) electrons. The largest absolute Gasteiger partial charge is 0.244 e. The van der Waals surface area contributed by atoms with Crippen LogP contribution in [0.3, 0.4) is 0 Å². The molecule has 230 valence electrons. The van der Waals surface area contributed by atoms with Gasteiger partial charge in [0.1, 0.15) is 0 Å². The monoisotopic (exact) mass is 601 g/mol. The van der Waals surface area contributed by atoms with Gasteiger partial charge in [0.05, 0.1) is 15.7 Å². The zero-order valence-electron chi connectivity index (χ0n) is 28.9. The lowest BCUT2D eigenvalue weighted by molar-refractivity contribution is 0.740. The summed E-state index contributed by atoms with van der Waals surface area (Å²) in [4.78, 5) is 5.07. The van der Waals surface area contributed by atoms with Gasteiger partial charge in [0.15, 0.2) is 0 Å². The van der Waals surface area contributed by atoms with Crippen LogP contribution in [0.1, 0.15) is 100 Å². The first kappa shape index (κ1) is 33.4. The average Bonchev–Trinajstić information content (AvgIpc) is 3.51. The second kappa shape index (κ2) is 14.5. The fraction of sp³-hybridized carbons (Fsp3) is 0.357. The van der Waals surface area contributed by atoms with Crippen molar-refractivity contribution >= 4 is 43.1 Å². The molecule has 1 aromatic heterocycles. The number of fused-ring (bicyclic) bond motifs is 6. The first-order valence-corrected chi connectivity index (χ1v) is 17.5. The molecular weight excluding hydrogens is 551 g/mol. The smallest absolute Gasteiger partial charge is 0.0900 e. The van der Waals surface area contributed by atoms with Crippen LogP contribution in [0.15, 0.2) is 66.2 Å². The summed E-state index contributed by atoms with van der Waals surface area (Å²) in [5, 5.41) is 5.34. The SMILES string of the molecule is CC.CCC(C)c1ccc(-c2c(C)cc(C)cc2C)c2c3cccc(-c4c(C)cccc4C)c3c3scnc3c12.CCCC. The maximum Gasteiger partial charge on any atom is 0.0900 e. The van der Waals surface area contributed by atoms with Gasteiger partial charge in [-0.3, -0.25) is 0 Å². The summed E-state index contributed by atoms with van der Waals surface area (Å²) in [7, 11) is 0. The van der Waals surface area contributed by atoms with Gasteiger partial charge in [-0.25, -0.2) is 4.98 Å². The Labute approximate surface area is 270 Å². The van der Waals surface area contributed by atoms with Crippen molar-refractivity contribution in [3.8, 4) is 22.3 Å². The molecule has 0 aliphatic heterocycles. The Morgan fingerprint density at radius 1 is 0.659 bits per heavy atom. The molecule has 5 aromatic carbocycles. The van der Waals surface area contributed by atoms with E-state index in [1.165, 1.54) is 94.7 Å². The molecule has 0 spiro atoms.